The Hall–Kier alpha value is -4.80. The molecular formula is C39H36Br2N2O6. The second kappa shape index (κ2) is 18.1. The van der Waals surface area contributed by atoms with Crippen molar-refractivity contribution in [2.75, 3.05) is 13.2 Å². The zero-order valence-electron chi connectivity index (χ0n) is 27.2. The van der Waals surface area contributed by atoms with E-state index < -0.39 is 0 Å². The molecule has 0 aliphatic rings. The molecular weight excluding hydrogens is 752 g/mol. The van der Waals surface area contributed by atoms with Gasteiger partial charge in [-0.05, 0) is 110 Å². The molecule has 0 heterocycles. The number of nitrogens with zero attached hydrogens (tertiary/aromatic N) is 1. The smallest absolute Gasteiger partial charge is 0.271 e. The van der Waals surface area contributed by atoms with Crippen LogP contribution in [0.5, 0.6) is 28.7 Å². The fourth-order valence-electron chi connectivity index (χ4n) is 4.71. The molecule has 5 rings (SSSR count). The van der Waals surface area contributed by atoms with Gasteiger partial charge in [-0.25, -0.2) is 5.43 Å². The maximum atomic E-state index is 12.9. The third kappa shape index (κ3) is 10.3. The van der Waals surface area contributed by atoms with Crippen molar-refractivity contribution in [3.8, 4) is 28.7 Å². The number of carbonyl (C=O) groups excluding carboxylic acids is 1. The Balaban J connectivity index is 1.18. The molecule has 0 unspecified atom stereocenters. The standard InChI is InChI=1S/C39H36Br2N2O6/c1-3-45-36-21-29(15-17-34(36)47-24-27-11-7-5-8-12-27)26-49-38-32(40)19-30(20-33(38)41)23-42-43-39(44)31-16-18-35(37(22-31)46-4-2)48-25-28-13-9-6-10-14-28/h5-23H,3-4,24-26H2,1-2H3,(H,43,44)/b42-23+. The van der Waals surface area contributed by atoms with E-state index in [0.29, 0.717) is 67.3 Å². The van der Waals surface area contributed by atoms with Crippen molar-refractivity contribution in [3.63, 3.8) is 0 Å². The van der Waals surface area contributed by atoms with Gasteiger partial charge in [0.05, 0.1) is 28.4 Å². The van der Waals surface area contributed by atoms with Crippen LogP contribution in [0.4, 0.5) is 0 Å². The van der Waals surface area contributed by atoms with Crippen molar-refractivity contribution >= 4 is 44.0 Å². The number of hydrogen-bond acceptors (Lipinski definition) is 7. The molecule has 0 bridgehead atoms. The molecule has 49 heavy (non-hydrogen) atoms. The molecule has 1 N–H and O–H groups in total. The highest BCUT2D eigenvalue weighted by Crippen LogP contribution is 2.36. The van der Waals surface area contributed by atoms with Crippen LogP contribution in [0.1, 0.15) is 46.5 Å². The monoisotopic (exact) mass is 786 g/mol. The molecule has 0 saturated heterocycles. The van der Waals surface area contributed by atoms with Crippen LogP contribution in [0.25, 0.3) is 0 Å². The summed E-state index contributed by atoms with van der Waals surface area (Å²) in [6, 6.07) is 34.4. The number of hydrogen-bond donors (Lipinski definition) is 1. The first-order valence-electron chi connectivity index (χ1n) is 15.7. The summed E-state index contributed by atoms with van der Waals surface area (Å²) in [5.74, 6) is 2.62. The molecule has 0 aliphatic heterocycles. The Morgan fingerprint density at radius 3 is 1.71 bits per heavy atom. The minimum absolute atomic E-state index is 0.305. The molecule has 8 nitrogen and oxygen atoms in total. The largest absolute Gasteiger partial charge is 0.490 e. The number of nitrogens with one attached hydrogen (secondary N) is 1. The third-order valence-electron chi connectivity index (χ3n) is 7.07. The maximum Gasteiger partial charge on any atom is 0.271 e. The lowest BCUT2D eigenvalue weighted by Crippen LogP contribution is -2.17. The van der Waals surface area contributed by atoms with Crippen molar-refractivity contribution in [3.05, 3.63) is 146 Å². The first-order valence-corrected chi connectivity index (χ1v) is 17.3. The lowest BCUT2D eigenvalue weighted by molar-refractivity contribution is 0.0954. The fraction of sp³-hybridized carbons (Fsp3) is 0.179. The van der Waals surface area contributed by atoms with E-state index in [4.69, 9.17) is 23.7 Å². The van der Waals surface area contributed by atoms with Crippen LogP contribution in [0.15, 0.2) is 123 Å². The molecule has 5 aromatic carbocycles. The normalized spacial score (nSPS) is 10.9. The van der Waals surface area contributed by atoms with E-state index in [-0.39, 0.29) is 5.91 Å². The molecule has 0 spiro atoms. The number of carbonyl (C=O) groups is 1. The maximum absolute atomic E-state index is 12.9. The number of amides is 1. The van der Waals surface area contributed by atoms with Gasteiger partial charge in [0.2, 0.25) is 0 Å². The molecule has 0 aliphatic carbocycles. The van der Waals surface area contributed by atoms with Crippen LogP contribution in [0, 0.1) is 0 Å². The summed E-state index contributed by atoms with van der Waals surface area (Å²) in [6.07, 6.45) is 1.56. The van der Waals surface area contributed by atoms with Crippen molar-refractivity contribution < 1.29 is 28.5 Å². The second-order valence-corrected chi connectivity index (χ2v) is 12.4. The van der Waals surface area contributed by atoms with E-state index in [1.807, 2.05) is 105 Å². The third-order valence-corrected chi connectivity index (χ3v) is 8.25. The van der Waals surface area contributed by atoms with Crippen molar-refractivity contribution in [1.82, 2.24) is 5.43 Å². The Kier molecular flexibility index (Phi) is 13.1. The average molecular weight is 789 g/mol. The summed E-state index contributed by atoms with van der Waals surface area (Å²) >= 11 is 7.21. The SMILES string of the molecule is CCOc1cc(COc2c(Br)cc(/C=N/NC(=O)c3ccc(OCc4ccccc4)c(OCC)c3)cc2Br)ccc1OCc1ccccc1. The highest BCUT2D eigenvalue weighted by atomic mass is 79.9. The van der Waals surface area contributed by atoms with Crippen LogP contribution >= 0.6 is 31.9 Å². The van der Waals surface area contributed by atoms with Gasteiger partial charge in [0.25, 0.3) is 5.91 Å². The van der Waals surface area contributed by atoms with Crippen molar-refractivity contribution in [2.24, 2.45) is 5.10 Å². The quantitative estimate of drug-likeness (QED) is 0.0792. The summed E-state index contributed by atoms with van der Waals surface area (Å²) in [5, 5.41) is 4.16. The number of ether oxygens (including phenoxy) is 5. The van der Waals surface area contributed by atoms with Gasteiger partial charge in [-0.15, -0.1) is 0 Å². The van der Waals surface area contributed by atoms with Crippen molar-refractivity contribution in [1.29, 1.82) is 0 Å². The second-order valence-electron chi connectivity index (χ2n) is 10.7. The lowest BCUT2D eigenvalue weighted by Gasteiger charge is -2.15. The van der Waals surface area contributed by atoms with E-state index in [2.05, 4.69) is 42.4 Å². The fourth-order valence-corrected chi connectivity index (χ4v) is 6.17. The van der Waals surface area contributed by atoms with Crippen LogP contribution in [0.3, 0.4) is 0 Å². The highest BCUT2D eigenvalue weighted by Gasteiger charge is 2.14. The molecule has 5 aromatic rings. The Labute approximate surface area is 303 Å². The number of hydrazone groups is 1. The molecule has 1 amide bonds. The van der Waals surface area contributed by atoms with Crippen LogP contribution < -0.4 is 29.1 Å². The predicted molar refractivity (Wildman–Crippen MR) is 198 cm³/mol. The molecule has 0 atom stereocenters. The summed E-state index contributed by atoms with van der Waals surface area (Å²) in [6.45, 7) is 5.90. The summed E-state index contributed by atoms with van der Waals surface area (Å²) in [5.41, 5.74) is 6.75. The molecule has 10 heteroatoms. The molecule has 0 saturated carbocycles. The minimum Gasteiger partial charge on any atom is -0.490 e. The molecule has 0 aromatic heterocycles. The van der Waals surface area contributed by atoms with Crippen molar-refractivity contribution in [2.45, 2.75) is 33.7 Å². The van der Waals surface area contributed by atoms with Gasteiger partial charge >= 0.3 is 0 Å². The summed E-state index contributed by atoms with van der Waals surface area (Å²) in [7, 11) is 0. The number of benzene rings is 5. The zero-order chi connectivity index (χ0) is 34.4. The van der Waals surface area contributed by atoms with E-state index >= 15 is 0 Å². The minimum atomic E-state index is -0.382. The summed E-state index contributed by atoms with van der Waals surface area (Å²) in [4.78, 5) is 12.9. The molecule has 0 fully saturated rings. The summed E-state index contributed by atoms with van der Waals surface area (Å²) < 4.78 is 31.2. The average Bonchev–Trinajstić information content (AvgIpc) is 3.11. The first kappa shape index (κ1) is 35.5. The Bertz CT molecular complexity index is 1850. The number of halogens is 2. The highest BCUT2D eigenvalue weighted by molar-refractivity contribution is 9.11. The van der Waals surface area contributed by atoms with Gasteiger partial charge in [-0.2, -0.15) is 5.10 Å². The van der Waals surface area contributed by atoms with E-state index in [1.54, 1.807) is 24.4 Å². The van der Waals surface area contributed by atoms with E-state index in [9.17, 15) is 4.79 Å². The predicted octanol–water partition coefficient (Wildman–Crippen LogP) is 9.51. The van der Waals surface area contributed by atoms with Crippen LogP contribution in [-0.4, -0.2) is 25.3 Å². The van der Waals surface area contributed by atoms with Gasteiger partial charge < -0.3 is 23.7 Å². The first-order chi connectivity index (χ1) is 23.9. The Morgan fingerprint density at radius 1 is 0.612 bits per heavy atom. The van der Waals surface area contributed by atoms with Gasteiger partial charge in [-0.3, -0.25) is 4.79 Å². The zero-order valence-corrected chi connectivity index (χ0v) is 30.3. The van der Waals surface area contributed by atoms with Gasteiger partial charge in [0.15, 0.2) is 23.0 Å². The molecule has 252 valence electrons. The van der Waals surface area contributed by atoms with Gasteiger partial charge in [0.1, 0.15) is 25.6 Å². The van der Waals surface area contributed by atoms with E-state index in [1.165, 1.54) is 0 Å². The van der Waals surface area contributed by atoms with Gasteiger partial charge in [0, 0.05) is 5.56 Å². The topological polar surface area (TPSA) is 87.6 Å². The number of rotatable bonds is 16. The van der Waals surface area contributed by atoms with E-state index in [0.717, 1.165) is 31.2 Å². The lowest BCUT2D eigenvalue weighted by atomic mass is 10.2. The van der Waals surface area contributed by atoms with Crippen LogP contribution in [0.2, 0.25) is 0 Å². The van der Waals surface area contributed by atoms with Crippen LogP contribution in [-0.2, 0) is 19.8 Å². The van der Waals surface area contributed by atoms with Gasteiger partial charge in [-0.1, -0.05) is 66.7 Å². The Morgan fingerprint density at radius 2 is 1.14 bits per heavy atom. The molecule has 0 radical (unpaired) electrons.